The number of esters is 1. The molecule has 0 N–H and O–H groups in total. The summed E-state index contributed by atoms with van der Waals surface area (Å²) >= 11 is 5.36. The Hall–Kier alpha value is -1.61. The number of alkyl halides is 1. The van der Waals surface area contributed by atoms with Crippen molar-refractivity contribution in [3.8, 4) is 5.75 Å². The van der Waals surface area contributed by atoms with Gasteiger partial charge in [-0.1, -0.05) is 18.2 Å². The molecule has 15 heavy (non-hydrogen) atoms. The molecule has 4 heteroatoms. The molecule has 2 rings (SSSR count). The Morgan fingerprint density at radius 2 is 2.13 bits per heavy atom. The molecule has 1 heterocycles. The summed E-state index contributed by atoms with van der Waals surface area (Å²) in [5, 5.41) is 0.928. The first-order valence-electron chi connectivity index (χ1n) is 4.41. The zero-order valence-corrected chi connectivity index (χ0v) is 8.57. The fourth-order valence-corrected chi connectivity index (χ4v) is 1.36. The van der Waals surface area contributed by atoms with E-state index in [1.54, 1.807) is 18.3 Å². The summed E-state index contributed by atoms with van der Waals surface area (Å²) < 4.78 is 5.04. The van der Waals surface area contributed by atoms with Crippen LogP contribution in [0.4, 0.5) is 0 Å². The quantitative estimate of drug-likeness (QED) is 0.444. The van der Waals surface area contributed by atoms with Crippen LogP contribution in [0.2, 0.25) is 0 Å². The maximum absolute atomic E-state index is 11.0. The number of fused-ring (bicyclic) bond motifs is 1. The summed E-state index contributed by atoms with van der Waals surface area (Å²) in [7, 11) is 0. The molecule has 0 saturated heterocycles. The van der Waals surface area contributed by atoms with Crippen LogP contribution in [0.5, 0.6) is 5.75 Å². The number of hydrogen-bond acceptors (Lipinski definition) is 3. The molecule has 0 atom stereocenters. The van der Waals surface area contributed by atoms with Crippen LogP contribution in [0.3, 0.4) is 0 Å². The van der Waals surface area contributed by atoms with Crippen molar-refractivity contribution in [2.75, 3.05) is 5.88 Å². The van der Waals surface area contributed by atoms with Crippen LogP contribution in [0.15, 0.2) is 36.5 Å². The molecular formula is C11H8ClNO2. The van der Waals surface area contributed by atoms with Gasteiger partial charge in [0.2, 0.25) is 0 Å². The Labute approximate surface area is 91.6 Å². The standard InChI is InChI=1S/C11H8ClNO2/c12-7-10(14)15-9-5-1-3-8-4-2-6-13-11(8)9/h1-6H,7H2. The highest BCUT2D eigenvalue weighted by Gasteiger charge is 2.06. The molecule has 1 aromatic carbocycles. The van der Waals surface area contributed by atoms with E-state index >= 15 is 0 Å². The molecular weight excluding hydrogens is 214 g/mol. The number of carbonyl (C=O) groups is 1. The Morgan fingerprint density at radius 1 is 1.33 bits per heavy atom. The third-order valence-corrected chi connectivity index (χ3v) is 2.15. The number of halogens is 1. The van der Waals surface area contributed by atoms with Gasteiger partial charge in [-0.25, -0.2) is 0 Å². The highest BCUT2D eigenvalue weighted by Crippen LogP contribution is 2.22. The number of para-hydroxylation sites is 1. The molecule has 0 saturated carbocycles. The lowest BCUT2D eigenvalue weighted by Crippen LogP contribution is -2.09. The van der Waals surface area contributed by atoms with E-state index < -0.39 is 5.97 Å². The molecule has 0 unspecified atom stereocenters. The minimum Gasteiger partial charge on any atom is -0.423 e. The number of hydrogen-bond donors (Lipinski definition) is 0. The Balaban J connectivity index is 2.46. The average molecular weight is 222 g/mol. The molecule has 0 aliphatic heterocycles. The molecule has 0 fully saturated rings. The van der Waals surface area contributed by atoms with Gasteiger partial charge < -0.3 is 4.74 Å². The van der Waals surface area contributed by atoms with Crippen molar-refractivity contribution in [2.24, 2.45) is 0 Å². The van der Waals surface area contributed by atoms with E-state index in [0.29, 0.717) is 11.3 Å². The molecule has 0 spiro atoms. The van der Waals surface area contributed by atoms with Crippen molar-refractivity contribution < 1.29 is 9.53 Å². The fraction of sp³-hybridized carbons (Fsp3) is 0.0909. The van der Waals surface area contributed by atoms with E-state index in [1.165, 1.54) is 0 Å². The molecule has 3 nitrogen and oxygen atoms in total. The molecule has 76 valence electrons. The van der Waals surface area contributed by atoms with Crippen molar-refractivity contribution >= 4 is 28.5 Å². The number of rotatable bonds is 2. The maximum Gasteiger partial charge on any atom is 0.326 e. The number of pyridine rings is 1. The van der Waals surface area contributed by atoms with Crippen molar-refractivity contribution in [1.82, 2.24) is 4.98 Å². The minimum atomic E-state index is -0.477. The normalized spacial score (nSPS) is 10.2. The molecule has 0 aliphatic carbocycles. The zero-order valence-electron chi connectivity index (χ0n) is 7.81. The summed E-state index contributed by atoms with van der Waals surface area (Å²) in [5.74, 6) is -0.197. The van der Waals surface area contributed by atoms with E-state index in [1.807, 2.05) is 18.2 Å². The molecule has 0 bridgehead atoms. The monoisotopic (exact) mass is 221 g/mol. The fourth-order valence-electron chi connectivity index (χ4n) is 1.31. The van der Waals surface area contributed by atoms with Crippen LogP contribution in [0, 0.1) is 0 Å². The smallest absolute Gasteiger partial charge is 0.326 e. The van der Waals surface area contributed by atoms with Crippen LogP contribution >= 0.6 is 11.6 Å². The molecule has 0 radical (unpaired) electrons. The minimum absolute atomic E-state index is 0.163. The summed E-state index contributed by atoms with van der Waals surface area (Å²) in [6, 6.07) is 9.14. The van der Waals surface area contributed by atoms with Gasteiger partial charge in [-0.05, 0) is 12.1 Å². The predicted octanol–water partition coefficient (Wildman–Crippen LogP) is 2.38. The summed E-state index contributed by atoms with van der Waals surface area (Å²) in [4.78, 5) is 15.2. The third kappa shape index (κ3) is 2.07. The van der Waals surface area contributed by atoms with Gasteiger partial charge >= 0.3 is 5.97 Å². The first kappa shape index (κ1) is 9.93. The molecule has 0 aliphatic rings. The molecule has 2 aromatic rings. The van der Waals surface area contributed by atoms with Crippen LogP contribution in [-0.2, 0) is 4.79 Å². The first-order valence-corrected chi connectivity index (χ1v) is 4.95. The van der Waals surface area contributed by atoms with Gasteiger partial charge in [-0.2, -0.15) is 0 Å². The number of ether oxygens (including phenoxy) is 1. The second kappa shape index (κ2) is 4.28. The predicted molar refractivity (Wildman–Crippen MR) is 58.1 cm³/mol. The second-order valence-corrected chi connectivity index (χ2v) is 3.21. The van der Waals surface area contributed by atoms with E-state index in [0.717, 1.165) is 5.39 Å². The van der Waals surface area contributed by atoms with Crippen molar-refractivity contribution in [1.29, 1.82) is 0 Å². The van der Waals surface area contributed by atoms with Gasteiger partial charge in [0.25, 0.3) is 0 Å². The van der Waals surface area contributed by atoms with Crippen LogP contribution in [-0.4, -0.2) is 16.8 Å². The van der Waals surface area contributed by atoms with Gasteiger partial charge in [-0.3, -0.25) is 9.78 Å². The largest absolute Gasteiger partial charge is 0.423 e. The van der Waals surface area contributed by atoms with Crippen LogP contribution in [0.1, 0.15) is 0 Å². The zero-order chi connectivity index (χ0) is 10.7. The Morgan fingerprint density at radius 3 is 2.93 bits per heavy atom. The number of benzene rings is 1. The van der Waals surface area contributed by atoms with E-state index in [-0.39, 0.29) is 5.88 Å². The molecule has 0 amide bonds. The summed E-state index contributed by atoms with van der Waals surface area (Å²) in [6.45, 7) is 0. The Kier molecular flexibility index (Phi) is 2.83. The molecule has 1 aromatic heterocycles. The highest BCUT2D eigenvalue weighted by molar-refractivity contribution is 6.26. The summed E-state index contributed by atoms with van der Waals surface area (Å²) in [6.07, 6.45) is 1.65. The number of nitrogens with zero attached hydrogens (tertiary/aromatic N) is 1. The lowest BCUT2D eigenvalue weighted by atomic mass is 10.2. The van der Waals surface area contributed by atoms with E-state index in [2.05, 4.69) is 4.98 Å². The SMILES string of the molecule is O=C(CCl)Oc1cccc2cccnc12. The topological polar surface area (TPSA) is 39.2 Å². The van der Waals surface area contributed by atoms with Crippen LogP contribution in [0.25, 0.3) is 10.9 Å². The summed E-state index contributed by atoms with van der Waals surface area (Å²) in [5.41, 5.74) is 0.665. The Bertz CT molecular complexity index is 493. The van der Waals surface area contributed by atoms with Gasteiger partial charge in [0.15, 0.2) is 5.75 Å². The lowest BCUT2D eigenvalue weighted by Gasteiger charge is -2.04. The highest BCUT2D eigenvalue weighted by atomic mass is 35.5. The van der Waals surface area contributed by atoms with Crippen molar-refractivity contribution in [3.05, 3.63) is 36.5 Å². The van der Waals surface area contributed by atoms with Crippen LogP contribution < -0.4 is 4.74 Å². The van der Waals surface area contributed by atoms with Gasteiger partial charge in [0, 0.05) is 11.6 Å². The maximum atomic E-state index is 11.0. The van der Waals surface area contributed by atoms with Gasteiger partial charge in [0.05, 0.1) is 0 Å². The van der Waals surface area contributed by atoms with E-state index in [9.17, 15) is 4.79 Å². The van der Waals surface area contributed by atoms with Crippen molar-refractivity contribution in [3.63, 3.8) is 0 Å². The van der Waals surface area contributed by atoms with E-state index in [4.69, 9.17) is 16.3 Å². The average Bonchev–Trinajstić information content (AvgIpc) is 2.29. The number of aromatic nitrogens is 1. The lowest BCUT2D eigenvalue weighted by molar-refractivity contribution is -0.131. The number of carbonyl (C=O) groups excluding carboxylic acids is 1. The third-order valence-electron chi connectivity index (χ3n) is 1.93. The second-order valence-electron chi connectivity index (χ2n) is 2.94. The van der Waals surface area contributed by atoms with Crippen molar-refractivity contribution in [2.45, 2.75) is 0 Å². The van der Waals surface area contributed by atoms with Gasteiger partial charge in [0.1, 0.15) is 11.4 Å². The van der Waals surface area contributed by atoms with Gasteiger partial charge in [-0.15, -0.1) is 11.6 Å². The first-order chi connectivity index (χ1) is 7.31.